The van der Waals surface area contributed by atoms with Crippen LogP contribution < -0.4 is 10.6 Å². The Kier molecular flexibility index (Phi) is 9.88. The Morgan fingerprint density at radius 3 is 2.39 bits per heavy atom. The summed E-state index contributed by atoms with van der Waals surface area (Å²) in [5.41, 5.74) is 0.267. The third-order valence-corrected chi connectivity index (χ3v) is 9.33. The van der Waals surface area contributed by atoms with Crippen molar-refractivity contribution in [1.29, 1.82) is 0 Å². The predicted molar refractivity (Wildman–Crippen MR) is 141 cm³/mol. The van der Waals surface area contributed by atoms with Crippen molar-refractivity contribution < 1.29 is 37.1 Å². The Hall–Kier alpha value is -3.00. The van der Waals surface area contributed by atoms with Gasteiger partial charge < -0.3 is 20.1 Å². The lowest BCUT2D eigenvalue weighted by atomic mass is 10.1. The van der Waals surface area contributed by atoms with Gasteiger partial charge in [0, 0.05) is 20.1 Å². The van der Waals surface area contributed by atoms with Crippen molar-refractivity contribution in [3.63, 3.8) is 0 Å². The van der Waals surface area contributed by atoms with Gasteiger partial charge in [0.15, 0.2) is 6.61 Å². The Bertz CT molecular complexity index is 1350. The van der Waals surface area contributed by atoms with Crippen molar-refractivity contribution in [1.82, 2.24) is 9.62 Å². The molecule has 2 amide bonds. The molecule has 0 bridgehead atoms. The summed E-state index contributed by atoms with van der Waals surface area (Å²) in [5.74, 6) is -2.87. The molecule has 1 fully saturated rings. The summed E-state index contributed by atoms with van der Waals surface area (Å²) in [6.45, 7) is 3.27. The molecule has 2 aromatic rings. The SMILES string of the molecule is CCOC(=O)c1c(NC(=O)COC(=O)c2ccc(Cl)c(S(=O)(=O)N3CCCCC3)c2)sc(C(=O)NC)c1C. The van der Waals surface area contributed by atoms with Gasteiger partial charge in [-0.2, -0.15) is 4.31 Å². The number of rotatable bonds is 9. The van der Waals surface area contributed by atoms with E-state index in [1.54, 1.807) is 13.8 Å². The predicted octanol–water partition coefficient (Wildman–Crippen LogP) is 3.22. The number of piperidine rings is 1. The fourth-order valence-corrected chi connectivity index (χ4v) is 7.01. The molecule has 11 nitrogen and oxygen atoms in total. The second-order valence-electron chi connectivity index (χ2n) is 8.29. The maximum Gasteiger partial charge on any atom is 0.341 e. The van der Waals surface area contributed by atoms with Gasteiger partial charge in [-0.05, 0) is 50.5 Å². The van der Waals surface area contributed by atoms with Gasteiger partial charge in [-0.15, -0.1) is 11.3 Å². The minimum absolute atomic E-state index is 0.0281. The summed E-state index contributed by atoms with van der Waals surface area (Å²) in [4.78, 5) is 49.8. The molecule has 1 aliphatic rings. The van der Waals surface area contributed by atoms with Gasteiger partial charge in [-0.1, -0.05) is 18.0 Å². The summed E-state index contributed by atoms with van der Waals surface area (Å²) in [7, 11) is -2.48. The average Bonchev–Trinajstić information content (AvgIpc) is 3.22. The van der Waals surface area contributed by atoms with Crippen LogP contribution in [0.3, 0.4) is 0 Å². The molecule has 2 N–H and O–H groups in total. The largest absolute Gasteiger partial charge is 0.462 e. The third kappa shape index (κ3) is 6.52. The summed E-state index contributed by atoms with van der Waals surface area (Å²) >= 11 is 7.03. The molecule has 3 rings (SSSR count). The van der Waals surface area contributed by atoms with E-state index >= 15 is 0 Å². The first kappa shape index (κ1) is 29.6. The van der Waals surface area contributed by atoms with E-state index in [9.17, 15) is 27.6 Å². The maximum absolute atomic E-state index is 13.0. The number of halogens is 1. The molecule has 14 heteroatoms. The maximum atomic E-state index is 13.0. The number of ether oxygens (including phenoxy) is 2. The highest BCUT2D eigenvalue weighted by atomic mass is 35.5. The second-order valence-corrected chi connectivity index (χ2v) is 11.6. The lowest BCUT2D eigenvalue weighted by Gasteiger charge is -2.26. The van der Waals surface area contributed by atoms with Crippen LogP contribution in [-0.2, 0) is 24.3 Å². The second kappa shape index (κ2) is 12.7. The van der Waals surface area contributed by atoms with Crippen LogP contribution in [0.25, 0.3) is 0 Å². The zero-order chi connectivity index (χ0) is 28.0. The first-order valence-corrected chi connectivity index (χ1v) is 14.4. The standard InChI is InChI=1S/C24H28ClN3O8S2/c1-4-35-24(32)19-14(2)20(21(30)26-3)37-22(19)27-18(29)13-36-23(31)15-8-9-16(25)17(12-15)38(33,34)28-10-6-5-7-11-28/h8-9,12H,4-7,10-11,13H2,1-3H3,(H,26,30)(H,27,29). The van der Waals surface area contributed by atoms with Gasteiger partial charge in [0.1, 0.15) is 9.90 Å². The van der Waals surface area contributed by atoms with Crippen LogP contribution in [0.2, 0.25) is 5.02 Å². The molecular weight excluding hydrogens is 558 g/mol. The topological polar surface area (TPSA) is 148 Å². The van der Waals surface area contributed by atoms with Crippen LogP contribution in [0, 0.1) is 6.92 Å². The minimum atomic E-state index is -3.91. The molecular formula is C24H28ClN3O8S2. The van der Waals surface area contributed by atoms with Crippen molar-refractivity contribution in [3.05, 3.63) is 44.8 Å². The molecule has 0 aliphatic carbocycles. The number of thiophene rings is 1. The van der Waals surface area contributed by atoms with E-state index in [2.05, 4.69) is 10.6 Å². The molecule has 1 aromatic carbocycles. The molecule has 1 saturated heterocycles. The van der Waals surface area contributed by atoms with Crippen molar-refractivity contribution in [2.75, 3.05) is 38.7 Å². The number of nitrogens with one attached hydrogen (secondary N) is 2. The molecule has 1 aliphatic heterocycles. The van der Waals surface area contributed by atoms with Gasteiger partial charge in [-0.25, -0.2) is 18.0 Å². The Morgan fingerprint density at radius 2 is 1.76 bits per heavy atom. The molecule has 0 spiro atoms. The Morgan fingerprint density at radius 1 is 1.08 bits per heavy atom. The summed E-state index contributed by atoms with van der Waals surface area (Å²) in [6, 6.07) is 3.72. The first-order chi connectivity index (χ1) is 18.0. The van der Waals surface area contributed by atoms with Crippen molar-refractivity contribution in [2.45, 2.75) is 38.0 Å². The number of anilines is 1. The van der Waals surface area contributed by atoms with E-state index in [1.165, 1.54) is 23.5 Å². The van der Waals surface area contributed by atoms with E-state index in [1.807, 2.05) is 0 Å². The van der Waals surface area contributed by atoms with Gasteiger partial charge in [-0.3, -0.25) is 9.59 Å². The molecule has 0 saturated carbocycles. The number of amides is 2. The van der Waals surface area contributed by atoms with Crippen LogP contribution in [0.1, 0.15) is 62.1 Å². The number of sulfonamides is 1. The molecule has 206 valence electrons. The van der Waals surface area contributed by atoms with Crippen molar-refractivity contribution >= 4 is 61.7 Å². The van der Waals surface area contributed by atoms with Gasteiger partial charge in [0.05, 0.1) is 27.6 Å². The summed E-state index contributed by atoms with van der Waals surface area (Å²) in [5, 5.41) is 4.99. The fourth-order valence-electron chi connectivity index (χ4n) is 3.83. The van der Waals surface area contributed by atoms with Crippen LogP contribution in [0.5, 0.6) is 0 Å². The van der Waals surface area contributed by atoms with Crippen molar-refractivity contribution in [2.24, 2.45) is 0 Å². The Balaban J connectivity index is 1.74. The van der Waals surface area contributed by atoms with Gasteiger partial charge >= 0.3 is 11.9 Å². The van der Waals surface area contributed by atoms with Gasteiger partial charge in [0.2, 0.25) is 10.0 Å². The number of benzene rings is 1. The molecule has 38 heavy (non-hydrogen) atoms. The number of esters is 2. The highest BCUT2D eigenvalue weighted by Crippen LogP contribution is 2.34. The monoisotopic (exact) mass is 585 g/mol. The molecule has 0 unspecified atom stereocenters. The van der Waals surface area contributed by atoms with E-state index in [0.717, 1.165) is 36.7 Å². The van der Waals surface area contributed by atoms with Crippen LogP contribution in [-0.4, -0.2) is 69.8 Å². The van der Waals surface area contributed by atoms with Crippen molar-refractivity contribution in [3.8, 4) is 0 Å². The van der Waals surface area contributed by atoms with Crippen LogP contribution in [0.4, 0.5) is 5.00 Å². The number of nitrogens with zero attached hydrogens (tertiary/aromatic N) is 1. The lowest BCUT2D eigenvalue weighted by molar-refractivity contribution is -0.119. The number of hydrogen-bond acceptors (Lipinski definition) is 9. The fraction of sp³-hybridized carbons (Fsp3) is 0.417. The lowest BCUT2D eigenvalue weighted by Crippen LogP contribution is -2.35. The molecule has 0 atom stereocenters. The average molecular weight is 586 g/mol. The molecule has 1 aromatic heterocycles. The zero-order valence-electron chi connectivity index (χ0n) is 21.1. The van der Waals surface area contributed by atoms with E-state index in [-0.39, 0.29) is 37.5 Å². The minimum Gasteiger partial charge on any atom is -0.462 e. The summed E-state index contributed by atoms with van der Waals surface area (Å²) in [6.07, 6.45) is 2.41. The number of carbonyl (C=O) groups excluding carboxylic acids is 4. The van der Waals surface area contributed by atoms with Gasteiger partial charge in [0.25, 0.3) is 11.8 Å². The molecule has 0 radical (unpaired) electrons. The zero-order valence-corrected chi connectivity index (χ0v) is 23.5. The number of hydrogen-bond donors (Lipinski definition) is 2. The Labute approximate surface area is 229 Å². The quantitative estimate of drug-likeness (QED) is 0.426. The highest BCUT2D eigenvalue weighted by Gasteiger charge is 2.30. The van der Waals surface area contributed by atoms with E-state index < -0.39 is 40.4 Å². The highest BCUT2D eigenvalue weighted by molar-refractivity contribution is 7.89. The van der Waals surface area contributed by atoms with Crippen LogP contribution in [0.15, 0.2) is 23.1 Å². The molecule has 2 heterocycles. The van der Waals surface area contributed by atoms with Crippen LogP contribution >= 0.6 is 22.9 Å². The third-order valence-electron chi connectivity index (χ3n) is 5.75. The number of carbonyl (C=O) groups is 4. The summed E-state index contributed by atoms with van der Waals surface area (Å²) < 4.78 is 37.5. The first-order valence-electron chi connectivity index (χ1n) is 11.8. The van der Waals surface area contributed by atoms with E-state index in [0.29, 0.717) is 18.7 Å². The smallest absolute Gasteiger partial charge is 0.341 e. The van der Waals surface area contributed by atoms with E-state index in [4.69, 9.17) is 21.1 Å². The normalized spacial score (nSPS) is 14.0.